The third-order valence-corrected chi connectivity index (χ3v) is 5.10. The molecule has 1 aromatic carbocycles. The van der Waals surface area contributed by atoms with Crippen molar-refractivity contribution in [1.29, 1.82) is 0 Å². The molecule has 1 amide bonds. The second-order valence-electron chi connectivity index (χ2n) is 5.02. The number of hydrogen-bond acceptors (Lipinski definition) is 4. The molecule has 2 rings (SSSR count). The number of alkyl halides is 2. The van der Waals surface area contributed by atoms with Crippen molar-refractivity contribution >= 4 is 21.4 Å². The Bertz CT molecular complexity index is 624. The highest BCUT2D eigenvalue weighted by molar-refractivity contribution is 7.91. The summed E-state index contributed by atoms with van der Waals surface area (Å²) in [4.78, 5) is 15.0. The van der Waals surface area contributed by atoms with Crippen LogP contribution in [-0.2, 0) is 14.6 Å². The summed E-state index contributed by atoms with van der Waals surface area (Å²) in [7, 11) is -4.55. The molecule has 0 radical (unpaired) electrons. The lowest BCUT2D eigenvalue weighted by atomic mass is 10.2. The van der Waals surface area contributed by atoms with E-state index < -0.39 is 15.6 Å². The third-order valence-electron chi connectivity index (χ3n) is 3.70. The number of piperazine rings is 1. The van der Waals surface area contributed by atoms with E-state index in [0.29, 0.717) is 32.6 Å². The number of sulfone groups is 1. The maximum Gasteiger partial charge on any atom is 0.341 e. The molecule has 8 heteroatoms. The van der Waals surface area contributed by atoms with E-state index in [-0.39, 0.29) is 10.8 Å². The van der Waals surface area contributed by atoms with Gasteiger partial charge in [0.2, 0.25) is 15.7 Å². The summed E-state index contributed by atoms with van der Waals surface area (Å²) in [6, 6.07) is 5.43. The summed E-state index contributed by atoms with van der Waals surface area (Å²) in [5.74, 6) is -3.31. The van der Waals surface area contributed by atoms with Gasteiger partial charge in [0.15, 0.2) is 0 Å². The van der Waals surface area contributed by atoms with Gasteiger partial charge in [0, 0.05) is 38.3 Å². The number of carbonyl (C=O) groups is 1. The van der Waals surface area contributed by atoms with E-state index in [1.807, 2.05) is 11.8 Å². The average Bonchev–Trinajstić information content (AvgIpc) is 2.54. The van der Waals surface area contributed by atoms with Crippen LogP contribution in [0.25, 0.3) is 0 Å². The summed E-state index contributed by atoms with van der Waals surface area (Å²) < 4.78 is 47.7. The smallest absolute Gasteiger partial charge is 0.341 e. The van der Waals surface area contributed by atoms with Gasteiger partial charge in [-0.2, -0.15) is 8.78 Å². The van der Waals surface area contributed by atoms with Gasteiger partial charge >= 0.3 is 5.76 Å². The molecule has 0 unspecified atom stereocenters. The van der Waals surface area contributed by atoms with E-state index >= 15 is 0 Å². The molecule has 0 saturated carbocycles. The van der Waals surface area contributed by atoms with Gasteiger partial charge in [-0.15, -0.1) is 0 Å². The first-order chi connectivity index (χ1) is 10.4. The van der Waals surface area contributed by atoms with Crippen molar-refractivity contribution in [2.24, 2.45) is 0 Å². The first kappa shape index (κ1) is 16.7. The van der Waals surface area contributed by atoms with E-state index in [4.69, 9.17) is 0 Å². The minimum absolute atomic E-state index is 0.109. The summed E-state index contributed by atoms with van der Waals surface area (Å²) in [5, 5.41) is 0. The highest BCUT2D eigenvalue weighted by Crippen LogP contribution is 2.23. The molecule has 1 fully saturated rings. The van der Waals surface area contributed by atoms with E-state index in [1.165, 1.54) is 24.3 Å². The van der Waals surface area contributed by atoms with Crippen molar-refractivity contribution in [3.8, 4) is 0 Å². The van der Waals surface area contributed by atoms with E-state index in [1.54, 1.807) is 4.90 Å². The first-order valence-electron chi connectivity index (χ1n) is 7.01. The normalized spacial score (nSPS) is 16.2. The zero-order valence-corrected chi connectivity index (χ0v) is 13.0. The van der Waals surface area contributed by atoms with Crippen molar-refractivity contribution in [2.45, 2.75) is 24.0 Å². The van der Waals surface area contributed by atoms with Crippen molar-refractivity contribution in [3.63, 3.8) is 0 Å². The topological polar surface area (TPSA) is 57.7 Å². The summed E-state index contributed by atoms with van der Waals surface area (Å²) in [5.41, 5.74) is 0.761. The fourth-order valence-electron chi connectivity index (χ4n) is 2.39. The van der Waals surface area contributed by atoms with Gasteiger partial charge in [-0.1, -0.05) is 6.92 Å². The zero-order chi connectivity index (χ0) is 16.3. The van der Waals surface area contributed by atoms with Crippen LogP contribution in [0.2, 0.25) is 0 Å². The molecule has 0 aliphatic carbocycles. The van der Waals surface area contributed by atoms with Gasteiger partial charge in [0.25, 0.3) is 0 Å². The standard InChI is InChI=1S/C14H18F2N2O3S/c1-2-13(19)18-9-7-17(8-10-18)11-3-5-12(6-4-11)22(20,21)14(15)16/h3-6,14H,2,7-10H2,1H3. The molecule has 5 nitrogen and oxygen atoms in total. The largest absolute Gasteiger partial charge is 0.368 e. The Morgan fingerprint density at radius 1 is 1.14 bits per heavy atom. The van der Waals surface area contributed by atoms with Crippen LogP contribution in [0.5, 0.6) is 0 Å². The molecule has 1 aromatic rings. The zero-order valence-electron chi connectivity index (χ0n) is 12.2. The van der Waals surface area contributed by atoms with Gasteiger partial charge in [-0.25, -0.2) is 8.42 Å². The number of halogens is 2. The Morgan fingerprint density at radius 3 is 2.14 bits per heavy atom. The van der Waals surface area contributed by atoms with Crippen LogP contribution in [0.15, 0.2) is 29.2 Å². The average molecular weight is 332 g/mol. The molecule has 22 heavy (non-hydrogen) atoms. The Hall–Kier alpha value is -1.70. The van der Waals surface area contributed by atoms with Gasteiger partial charge in [-0.3, -0.25) is 4.79 Å². The van der Waals surface area contributed by atoms with Gasteiger partial charge in [0.05, 0.1) is 4.90 Å². The van der Waals surface area contributed by atoms with Crippen LogP contribution in [-0.4, -0.2) is 51.2 Å². The summed E-state index contributed by atoms with van der Waals surface area (Å²) >= 11 is 0. The molecule has 0 N–H and O–H groups in total. The number of amides is 1. The maximum atomic E-state index is 12.5. The van der Waals surface area contributed by atoms with Crippen molar-refractivity contribution in [3.05, 3.63) is 24.3 Å². The Morgan fingerprint density at radius 2 is 1.68 bits per heavy atom. The lowest BCUT2D eigenvalue weighted by Gasteiger charge is -2.36. The van der Waals surface area contributed by atoms with Crippen molar-refractivity contribution in [1.82, 2.24) is 4.90 Å². The molecule has 0 atom stereocenters. The SMILES string of the molecule is CCC(=O)N1CCN(c2ccc(S(=O)(=O)C(F)F)cc2)CC1. The van der Waals surface area contributed by atoms with E-state index in [2.05, 4.69) is 0 Å². The fourth-order valence-corrected chi connectivity index (χ4v) is 3.11. The van der Waals surface area contributed by atoms with E-state index in [9.17, 15) is 22.0 Å². The minimum Gasteiger partial charge on any atom is -0.368 e. The van der Waals surface area contributed by atoms with Crippen LogP contribution >= 0.6 is 0 Å². The number of benzene rings is 1. The van der Waals surface area contributed by atoms with E-state index in [0.717, 1.165) is 5.69 Å². The van der Waals surface area contributed by atoms with Gasteiger partial charge in [0.1, 0.15) is 0 Å². The summed E-state index contributed by atoms with van der Waals surface area (Å²) in [6.07, 6.45) is 0.472. The predicted octanol–water partition coefficient (Wildman–Crippen LogP) is 1.74. The predicted molar refractivity (Wildman–Crippen MR) is 78.7 cm³/mol. The quantitative estimate of drug-likeness (QED) is 0.843. The molecule has 0 bridgehead atoms. The van der Waals surface area contributed by atoms with Crippen LogP contribution < -0.4 is 4.90 Å². The van der Waals surface area contributed by atoms with Crippen LogP contribution in [0.3, 0.4) is 0 Å². The Labute approximate surface area is 128 Å². The Balaban J connectivity index is 2.05. The van der Waals surface area contributed by atoms with Gasteiger partial charge < -0.3 is 9.80 Å². The maximum absolute atomic E-state index is 12.5. The lowest BCUT2D eigenvalue weighted by molar-refractivity contribution is -0.131. The molecule has 1 aliphatic heterocycles. The highest BCUT2D eigenvalue weighted by atomic mass is 32.2. The molecular formula is C14H18F2N2O3S. The number of carbonyl (C=O) groups excluding carboxylic acids is 1. The minimum atomic E-state index is -4.55. The molecule has 1 saturated heterocycles. The first-order valence-corrected chi connectivity index (χ1v) is 8.55. The monoisotopic (exact) mass is 332 g/mol. The Kier molecular flexibility index (Phi) is 5.00. The molecular weight excluding hydrogens is 314 g/mol. The fraction of sp³-hybridized carbons (Fsp3) is 0.500. The number of rotatable bonds is 4. The van der Waals surface area contributed by atoms with Crippen molar-refractivity contribution < 1.29 is 22.0 Å². The third kappa shape index (κ3) is 3.37. The van der Waals surface area contributed by atoms with Crippen molar-refractivity contribution in [2.75, 3.05) is 31.1 Å². The lowest BCUT2D eigenvalue weighted by Crippen LogP contribution is -2.48. The highest BCUT2D eigenvalue weighted by Gasteiger charge is 2.27. The van der Waals surface area contributed by atoms with Crippen LogP contribution in [0, 0.1) is 0 Å². The molecule has 1 aliphatic rings. The van der Waals surface area contributed by atoms with Gasteiger partial charge in [-0.05, 0) is 24.3 Å². The number of nitrogens with zero attached hydrogens (tertiary/aromatic N) is 2. The molecule has 0 spiro atoms. The number of anilines is 1. The molecule has 0 aromatic heterocycles. The molecule has 122 valence electrons. The van der Waals surface area contributed by atoms with Crippen LogP contribution in [0.4, 0.5) is 14.5 Å². The van der Waals surface area contributed by atoms with Crippen LogP contribution in [0.1, 0.15) is 13.3 Å². The molecule has 1 heterocycles. The second kappa shape index (κ2) is 6.60. The number of hydrogen-bond donors (Lipinski definition) is 0. The second-order valence-corrected chi connectivity index (χ2v) is 6.94. The summed E-state index contributed by atoms with van der Waals surface area (Å²) in [6.45, 7) is 4.28.